The zero-order valence-corrected chi connectivity index (χ0v) is 12.4. The van der Waals surface area contributed by atoms with E-state index in [2.05, 4.69) is 10.6 Å². The lowest BCUT2D eigenvalue weighted by Gasteiger charge is -2.12. The molecule has 122 valence electrons. The van der Waals surface area contributed by atoms with Gasteiger partial charge in [-0.1, -0.05) is 6.07 Å². The van der Waals surface area contributed by atoms with Gasteiger partial charge in [0.15, 0.2) is 0 Å². The lowest BCUT2D eigenvalue weighted by atomic mass is 10.2. The largest absolute Gasteiger partial charge is 0.376 e. The van der Waals surface area contributed by atoms with Crippen LogP contribution in [-0.4, -0.2) is 39.5 Å². The van der Waals surface area contributed by atoms with E-state index in [1.54, 1.807) is 0 Å². The second-order valence-electron chi connectivity index (χ2n) is 4.80. The Morgan fingerprint density at radius 3 is 2.82 bits per heavy atom. The molecule has 2 amide bonds. The lowest BCUT2D eigenvalue weighted by molar-refractivity contribution is 0.112. The summed E-state index contributed by atoms with van der Waals surface area (Å²) in [5.41, 5.74) is 0.117. The van der Waals surface area contributed by atoms with Crippen LogP contribution in [0.2, 0.25) is 0 Å². The predicted molar refractivity (Wildman–Crippen MR) is 75.6 cm³/mol. The van der Waals surface area contributed by atoms with Crippen LogP contribution in [0.4, 0.5) is 19.3 Å². The van der Waals surface area contributed by atoms with Crippen LogP contribution < -0.4 is 10.6 Å². The Kier molecular flexibility index (Phi) is 5.30. The van der Waals surface area contributed by atoms with Crippen LogP contribution in [0.25, 0.3) is 0 Å². The number of hydrogen-bond donors (Lipinski definition) is 2. The van der Waals surface area contributed by atoms with Crippen molar-refractivity contribution in [1.29, 1.82) is 0 Å². The van der Waals surface area contributed by atoms with Crippen molar-refractivity contribution in [3.8, 4) is 0 Å². The van der Waals surface area contributed by atoms with E-state index >= 15 is 0 Å². The van der Waals surface area contributed by atoms with Crippen molar-refractivity contribution in [1.82, 2.24) is 5.32 Å². The highest BCUT2D eigenvalue weighted by atomic mass is 32.2. The van der Waals surface area contributed by atoms with Gasteiger partial charge in [-0.25, -0.2) is 13.2 Å². The van der Waals surface area contributed by atoms with E-state index in [1.165, 1.54) is 12.1 Å². The fraction of sp³-hybridized carbons (Fsp3) is 0.462. The van der Waals surface area contributed by atoms with Crippen molar-refractivity contribution in [2.75, 3.05) is 18.5 Å². The third kappa shape index (κ3) is 4.14. The van der Waals surface area contributed by atoms with Gasteiger partial charge in [0.25, 0.3) is 0 Å². The molecule has 2 N–H and O–H groups in total. The number of halogens is 2. The predicted octanol–water partition coefficient (Wildman–Crippen LogP) is 1.98. The van der Waals surface area contributed by atoms with Crippen LogP contribution in [0.3, 0.4) is 0 Å². The molecule has 2 rings (SSSR count). The van der Waals surface area contributed by atoms with Gasteiger partial charge < -0.3 is 15.4 Å². The summed E-state index contributed by atoms with van der Waals surface area (Å²) in [4.78, 5) is 11.1. The molecule has 1 aromatic carbocycles. The van der Waals surface area contributed by atoms with Gasteiger partial charge >= 0.3 is 11.8 Å². The Hall–Kier alpha value is -1.74. The molecule has 1 saturated heterocycles. The number of anilines is 1. The van der Waals surface area contributed by atoms with E-state index in [-0.39, 0.29) is 11.8 Å². The maximum atomic E-state index is 12.5. The number of alkyl halides is 2. The molecule has 9 heteroatoms. The number of benzene rings is 1. The first-order valence-corrected chi connectivity index (χ1v) is 8.23. The molecule has 0 unspecified atom stereocenters. The average molecular weight is 334 g/mol. The van der Waals surface area contributed by atoms with Crippen molar-refractivity contribution < 1.29 is 26.7 Å². The van der Waals surface area contributed by atoms with Gasteiger partial charge in [0, 0.05) is 18.8 Å². The molecule has 1 aromatic rings. The van der Waals surface area contributed by atoms with Crippen molar-refractivity contribution in [2.45, 2.75) is 29.6 Å². The summed E-state index contributed by atoms with van der Waals surface area (Å²) in [6.45, 7) is 1.00. The summed E-state index contributed by atoms with van der Waals surface area (Å²) in [6, 6.07) is 4.19. The quantitative estimate of drug-likeness (QED) is 0.862. The fourth-order valence-corrected chi connectivity index (χ4v) is 2.81. The lowest BCUT2D eigenvalue weighted by Crippen LogP contribution is -2.35. The molecular formula is C13H16F2N2O4S. The van der Waals surface area contributed by atoms with E-state index in [1.807, 2.05) is 0 Å². The molecule has 0 spiro atoms. The Balaban J connectivity index is 1.96. The normalized spacial score (nSPS) is 18.4. The molecular weight excluding hydrogens is 318 g/mol. The minimum Gasteiger partial charge on any atom is -0.376 e. The number of sulfone groups is 1. The van der Waals surface area contributed by atoms with Gasteiger partial charge in [-0.3, -0.25) is 0 Å². The van der Waals surface area contributed by atoms with Gasteiger partial charge in [0.05, 0.1) is 11.0 Å². The minimum absolute atomic E-state index is 0.0312. The van der Waals surface area contributed by atoms with Crippen molar-refractivity contribution >= 4 is 21.6 Å². The molecule has 1 fully saturated rings. The highest BCUT2D eigenvalue weighted by Crippen LogP contribution is 2.21. The summed E-state index contributed by atoms with van der Waals surface area (Å²) in [6.07, 6.45) is 1.78. The Morgan fingerprint density at radius 2 is 2.18 bits per heavy atom. The maximum Gasteiger partial charge on any atom is 0.341 e. The second kappa shape index (κ2) is 7.01. The van der Waals surface area contributed by atoms with Gasteiger partial charge in [-0.15, -0.1) is 0 Å². The van der Waals surface area contributed by atoms with E-state index in [0.717, 1.165) is 25.0 Å². The molecule has 1 aliphatic heterocycles. The zero-order valence-electron chi connectivity index (χ0n) is 11.6. The molecule has 0 aromatic heterocycles. The Bertz CT molecular complexity index is 631. The zero-order chi connectivity index (χ0) is 16.2. The van der Waals surface area contributed by atoms with E-state index < -0.39 is 26.5 Å². The summed E-state index contributed by atoms with van der Waals surface area (Å²) in [5, 5.41) is 4.98. The van der Waals surface area contributed by atoms with Crippen LogP contribution in [0.15, 0.2) is 29.2 Å². The third-order valence-electron chi connectivity index (χ3n) is 3.17. The van der Waals surface area contributed by atoms with Gasteiger partial charge in [0.1, 0.15) is 0 Å². The van der Waals surface area contributed by atoms with Gasteiger partial charge in [-0.05, 0) is 31.0 Å². The number of nitrogens with one attached hydrogen (secondary N) is 2. The molecule has 0 radical (unpaired) electrons. The third-order valence-corrected chi connectivity index (χ3v) is 4.55. The van der Waals surface area contributed by atoms with E-state index in [9.17, 15) is 22.0 Å². The van der Waals surface area contributed by atoms with Gasteiger partial charge in [0.2, 0.25) is 9.84 Å². The SMILES string of the molecule is O=C(NC[C@@H]1CCCO1)Nc1cccc(S(=O)(=O)C(F)F)c1. The summed E-state index contributed by atoms with van der Waals surface area (Å²) < 4.78 is 53.1. The van der Waals surface area contributed by atoms with Crippen LogP contribution in [0.5, 0.6) is 0 Å². The van der Waals surface area contributed by atoms with Crippen LogP contribution >= 0.6 is 0 Å². The number of ether oxygens (including phenoxy) is 1. The number of rotatable bonds is 5. The van der Waals surface area contributed by atoms with Crippen LogP contribution in [0.1, 0.15) is 12.8 Å². The fourth-order valence-electron chi connectivity index (χ4n) is 2.04. The minimum atomic E-state index is -4.69. The van der Waals surface area contributed by atoms with Gasteiger partial charge in [-0.2, -0.15) is 8.78 Å². The average Bonchev–Trinajstić information content (AvgIpc) is 2.98. The molecule has 1 aliphatic rings. The number of carbonyl (C=O) groups excluding carboxylic acids is 1. The molecule has 1 atom stereocenters. The van der Waals surface area contributed by atoms with E-state index in [0.29, 0.717) is 13.2 Å². The number of amides is 2. The molecule has 0 aliphatic carbocycles. The smallest absolute Gasteiger partial charge is 0.341 e. The Labute approximate surface area is 126 Å². The monoisotopic (exact) mass is 334 g/mol. The van der Waals surface area contributed by atoms with E-state index in [4.69, 9.17) is 4.74 Å². The first-order valence-electron chi connectivity index (χ1n) is 6.68. The number of carbonyl (C=O) groups is 1. The molecule has 6 nitrogen and oxygen atoms in total. The molecule has 1 heterocycles. The Morgan fingerprint density at radius 1 is 1.41 bits per heavy atom. The van der Waals surface area contributed by atoms with Crippen molar-refractivity contribution in [3.63, 3.8) is 0 Å². The standard InChI is InChI=1S/C13H16F2N2O4S/c14-12(15)22(19,20)11-5-1-3-9(7-11)17-13(18)16-8-10-4-2-6-21-10/h1,3,5,7,10,12H,2,4,6,8H2,(H2,16,17,18)/t10-/m0/s1. The summed E-state index contributed by atoms with van der Waals surface area (Å²) in [5.74, 6) is -3.50. The van der Waals surface area contributed by atoms with Crippen molar-refractivity contribution in [2.24, 2.45) is 0 Å². The first-order chi connectivity index (χ1) is 10.4. The number of urea groups is 1. The number of hydrogen-bond acceptors (Lipinski definition) is 4. The topological polar surface area (TPSA) is 84.5 Å². The van der Waals surface area contributed by atoms with Crippen LogP contribution in [0, 0.1) is 0 Å². The maximum absolute atomic E-state index is 12.5. The van der Waals surface area contributed by atoms with Crippen LogP contribution in [-0.2, 0) is 14.6 Å². The first kappa shape index (κ1) is 16.6. The molecule has 0 bridgehead atoms. The highest BCUT2D eigenvalue weighted by molar-refractivity contribution is 7.91. The molecule has 22 heavy (non-hydrogen) atoms. The molecule has 0 saturated carbocycles. The second-order valence-corrected chi connectivity index (χ2v) is 6.72. The highest BCUT2D eigenvalue weighted by Gasteiger charge is 2.26. The summed E-state index contributed by atoms with van der Waals surface area (Å²) in [7, 11) is -4.69. The van der Waals surface area contributed by atoms with Crippen molar-refractivity contribution in [3.05, 3.63) is 24.3 Å². The summed E-state index contributed by atoms with van der Waals surface area (Å²) >= 11 is 0.